The van der Waals surface area contributed by atoms with Crippen molar-refractivity contribution in [3.63, 3.8) is 0 Å². The van der Waals surface area contributed by atoms with Gasteiger partial charge in [0.1, 0.15) is 5.60 Å². The first-order chi connectivity index (χ1) is 10.7. The summed E-state index contributed by atoms with van der Waals surface area (Å²) in [7, 11) is 0. The second kappa shape index (κ2) is 9.48. The molecule has 1 unspecified atom stereocenters. The van der Waals surface area contributed by atoms with Crippen LogP contribution >= 0.6 is 0 Å². The summed E-state index contributed by atoms with van der Waals surface area (Å²) in [6, 6.07) is 0.584. The van der Waals surface area contributed by atoms with Crippen molar-refractivity contribution in [1.82, 2.24) is 15.1 Å². The van der Waals surface area contributed by atoms with Crippen molar-refractivity contribution >= 4 is 6.09 Å². The van der Waals surface area contributed by atoms with Crippen LogP contribution in [0.2, 0.25) is 0 Å². The Labute approximate surface area is 142 Å². The molecule has 23 heavy (non-hydrogen) atoms. The fourth-order valence-electron chi connectivity index (χ4n) is 2.63. The summed E-state index contributed by atoms with van der Waals surface area (Å²) >= 11 is 0. The van der Waals surface area contributed by atoms with Gasteiger partial charge in [0, 0.05) is 45.3 Å². The van der Waals surface area contributed by atoms with Crippen LogP contribution < -0.4 is 5.32 Å². The molecule has 0 radical (unpaired) electrons. The molecule has 0 aliphatic carbocycles. The summed E-state index contributed by atoms with van der Waals surface area (Å²) in [5.41, 5.74) is -0.412. The van der Waals surface area contributed by atoms with Gasteiger partial charge in [0.05, 0.1) is 0 Å². The summed E-state index contributed by atoms with van der Waals surface area (Å²) in [6.45, 7) is 18.0. The van der Waals surface area contributed by atoms with Crippen LogP contribution in [0.3, 0.4) is 0 Å². The molecule has 1 amide bonds. The molecule has 1 N–H and O–H groups in total. The Bertz CT molecular complexity index is 345. The number of piperazine rings is 1. The van der Waals surface area contributed by atoms with Crippen LogP contribution in [0.5, 0.6) is 0 Å². The Morgan fingerprint density at radius 3 is 2.22 bits per heavy atom. The molecule has 0 aromatic carbocycles. The molecule has 1 aliphatic heterocycles. The van der Waals surface area contributed by atoms with E-state index in [0.717, 1.165) is 45.2 Å². The van der Waals surface area contributed by atoms with Gasteiger partial charge in [-0.1, -0.05) is 13.8 Å². The Morgan fingerprint density at radius 1 is 1.09 bits per heavy atom. The van der Waals surface area contributed by atoms with Gasteiger partial charge in [0.25, 0.3) is 0 Å². The summed E-state index contributed by atoms with van der Waals surface area (Å²) in [4.78, 5) is 16.3. The van der Waals surface area contributed by atoms with E-state index in [-0.39, 0.29) is 6.09 Å². The molecule has 0 saturated carbocycles. The normalized spacial score (nSPS) is 18.3. The molecule has 1 fully saturated rings. The minimum absolute atomic E-state index is 0.183. The minimum atomic E-state index is -0.412. The van der Waals surface area contributed by atoms with Gasteiger partial charge >= 0.3 is 6.09 Å². The smallest absolute Gasteiger partial charge is 0.410 e. The lowest BCUT2D eigenvalue weighted by Gasteiger charge is -2.35. The van der Waals surface area contributed by atoms with E-state index in [2.05, 4.69) is 31.0 Å². The van der Waals surface area contributed by atoms with Crippen LogP contribution in [0.25, 0.3) is 0 Å². The SMILES string of the molecule is CC(C)CCC(C)NCCN1CCN(C(=O)OC(C)(C)C)CC1. The van der Waals surface area contributed by atoms with E-state index in [4.69, 9.17) is 4.74 Å². The maximum Gasteiger partial charge on any atom is 0.410 e. The molecular formula is C18H37N3O2. The lowest BCUT2D eigenvalue weighted by Crippen LogP contribution is -2.51. The number of nitrogens with one attached hydrogen (secondary N) is 1. The van der Waals surface area contributed by atoms with Crippen molar-refractivity contribution in [2.75, 3.05) is 39.3 Å². The molecule has 1 saturated heterocycles. The van der Waals surface area contributed by atoms with E-state index < -0.39 is 5.60 Å². The summed E-state index contributed by atoms with van der Waals surface area (Å²) in [6.07, 6.45) is 2.34. The first-order valence-corrected chi connectivity index (χ1v) is 9.11. The van der Waals surface area contributed by atoms with Crippen LogP contribution in [0.4, 0.5) is 4.79 Å². The van der Waals surface area contributed by atoms with Gasteiger partial charge in [0.15, 0.2) is 0 Å². The molecule has 1 aliphatic rings. The fraction of sp³-hybridized carbons (Fsp3) is 0.944. The largest absolute Gasteiger partial charge is 0.444 e. The van der Waals surface area contributed by atoms with Gasteiger partial charge in [-0.25, -0.2) is 4.79 Å². The van der Waals surface area contributed by atoms with Crippen LogP contribution in [-0.4, -0.2) is 66.8 Å². The highest BCUT2D eigenvalue weighted by Crippen LogP contribution is 2.11. The number of rotatable bonds is 7. The van der Waals surface area contributed by atoms with Crippen molar-refractivity contribution in [2.24, 2.45) is 5.92 Å². The number of carbonyl (C=O) groups is 1. The average Bonchev–Trinajstić information content (AvgIpc) is 2.44. The number of nitrogens with zero attached hydrogens (tertiary/aromatic N) is 2. The van der Waals surface area contributed by atoms with E-state index in [1.165, 1.54) is 12.8 Å². The maximum absolute atomic E-state index is 12.0. The molecule has 1 rings (SSSR count). The highest BCUT2D eigenvalue weighted by Gasteiger charge is 2.25. The average molecular weight is 328 g/mol. The minimum Gasteiger partial charge on any atom is -0.444 e. The fourth-order valence-corrected chi connectivity index (χ4v) is 2.63. The zero-order valence-corrected chi connectivity index (χ0v) is 16.0. The molecule has 5 nitrogen and oxygen atoms in total. The van der Waals surface area contributed by atoms with E-state index in [1.54, 1.807) is 0 Å². The van der Waals surface area contributed by atoms with E-state index in [1.807, 2.05) is 25.7 Å². The third kappa shape index (κ3) is 9.16. The van der Waals surface area contributed by atoms with Gasteiger partial charge in [-0.05, 0) is 46.5 Å². The van der Waals surface area contributed by atoms with Crippen LogP contribution in [-0.2, 0) is 4.74 Å². The van der Waals surface area contributed by atoms with Gasteiger partial charge in [0.2, 0.25) is 0 Å². The molecule has 5 heteroatoms. The van der Waals surface area contributed by atoms with E-state index in [0.29, 0.717) is 6.04 Å². The summed E-state index contributed by atoms with van der Waals surface area (Å²) in [5.74, 6) is 0.778. The topological polar surface area (TPSA) is 44.8 Å². The van der Waals surface area contributed by atoms with E-state index >= 15 is 0 Å². The molecular weight excluding hydrogens is 290 g/mol. The number of hydrogen-bond donors (Lipinski definition) is 1. The molecule has 1 atom stereocenters. The first-order valence-electron chi connectivity index (χ1n) is 9.11. The monoisotopic (exact) mass is 327 g/mol. The van der Waals surface area contributed by atoms with E-state index in [9.17, 15) is 4.79 Å². The number of carbonyl (C=O) groups excluding carboxylic acids is 1. The van der Waals surface area contributed by atoms with Gasteiger partial charge < -0.3 is 15.0 Å². The molecule has 1 heterocycles. The highest BCUT2D eigenvalue weighted by atomic mass is 16.6. The third-order valence-corrected chi connectivity index (χ3v) is 4.12. The Morgan fingerprint density at radius 2 is 1.70 bits per heavy atom. The Kier molecular flexibility index (Phi) is 8.34. The van der Waals surface area contributed by atoms with Crippen LogP contribution in [0, 0.1) is 5.92 Å². The van der Waals surface area contributed by atoms with Crippen molar-refractivity contribution in [3.8, 4) is 0 Å². The second-order valence-electron chi connectivity index (χ2n) is 8.14. The number of hydrogen-bond acceptors (Lipinski definition) is 4. The molecule has 0 bridgehead atoms. The molecule has 0 aromatic heterocycles. The molecule has 0 spiro atoms. The van der Waals surface area contributed by atoms with Crippen molar-refractivity contribution in [3.05, 3.63) is 0 Å². The number of amides is 1. The highest BCUT2D eigenvalue weighted by molar-refractivity contribution is 5.68. The lowest BCUT2D eigenvalue weighted by molar-refractivity contribution is 0.0146. The summed E-state index contributed by atoms with van der Waals surface area (Å²) < 4.78 is 5.43. The number of ether oxygens (including phenoxy) is 1. The third-order valence-electron chi connectivity index (χ3n) is 4.12. The Balaban J connectivity index is 2.15. The van der Waals surface area contributed by atoms with Gasteiger partial charge in [-0.3, -0.25) is 4.90 Å². The van der Waals surface area contributed by atoms with Crippen molar-refractivity contribution in [1.29, 1.82) is 0 Å². The quantitative estimate of drug-likeness (QED) is 0.781. The molecule has 0 aromatic rings. The molecule has 136 valence electrons. The standard InChI is InChI=1S/C18H37N3O2/c1-15(2)7-8-16(3)19-9-10-20-11-13-21(14-12-20)17(22)23-18(4,5)6/h15-16,19H,7-14H2,1-6H3. The predicted molar refractivity (Wildman–Crippen MR) is 95.8 cm³/mol. The first kappa shape index (κ1) is 20.2. The van der Waals surface area contributed by atoms with Crippen LogP contribution in [0.1, 0.15) is 54.4 Å². The van der Waals surface area contributed by atoms with Crippen molar-refractivity contribution in [2.45, 2.75) is 66.0 Å². The van der Waals surface area contributed by atoms with Crippen molar-refractivity contribution < 1.29 is 9.53 Å². The summed E-state index contributed by atoms with van der Waals surface area (Å²) in [5, 5.41) is 3.60. The lowest BCUT2D eigenvalue weighted by atomic mass is 10.0. The van der Waals surface area contributed by atoms with Crippen LogP contribution in [0.15, 0.2) is 0 Å². The predicted octanol–water partition coefficient (Wildman–Crippen LogP) is 2.95. The zero-order chi connectivity index (χ0) is 17.5. The zero-order valence-electron chi connectivity index (χ0n) is 16.0. The van der Waals surface area contributed by atoms with Gasteiger partial charge in [-0.15, -0.1) is 0 Å². The Hall–Kier alpha value is -0.810. The maximum atomic E-state index is 12.0. The second-order valence-corrected chi connectivity index (χ2v) is 8.14. The van der Waals surface area contributed by atoms with Gasteiger partial charge in [-0.2, -0.15) is 0 Å².